The number of nitriles is 2. The second-order valence-electron chi connectivity index (χ2n) is 8.49. The Morgan fingerprint density at radius 1 is 0.844 bits per heavy atom. The molecule has 15 nitrogen and oxygen atoms in total. The number of aliphatic hydroxyl groups is 1. The lowest BCUT2D eigenvalue weighted by atomic mass is 10.2. The van der Waals surface area contributed by atoms with Crippen LogP contribution < -0.4 is 21.8 Å². The molecule has 0 saturated heterocycles. The van der Waals surface area contributed by atoms with Gasteiger partial charge in [-0.1, -0.05) is 24.3 Å². The van der Waals surface area contributed by atoms with Gasteiger partial charge < -0.3 is 14.6 Å². The molecular weight excluding hydrogens is 584 g/mol. The van der Waals surface area contributed by atoms with E-state index in [0.29, 0.717) is 18.0 Å². The number of carbonyl (C=O) groups is 2. The summed E-state index contributed by atoms with van der Waals surface area (Å²) in [5, 5.41) is 40.5. The number of aromatic nitrogens is 4. The van der Waals surface area contributed by atoms with E-state index in [1.54, 1.807) is 68.4 Å². The zero-order valence-corrected chi connectivity index (χ0v) is 24.4. The molecule has 0 atom stereocenters. The number of aromatic amines is 1. The highest BCUT2D eigenvalue weighted by Crippen LogP contribution is 2.12. The first-order valence-electron chi connectivity index (χ1n) is 13.3. The molecule has 0 unspecified atom stereocenters. The largest absolute Gasteiger partial charge is 0.450 e. The van der Waals surface area contributed by atoms with Crippen LogP contribution in [-0.4, -0.2) is 50.5 Å². The number of hydrogen-bond donors (Lipinski definition) is 4. The molecule has 0 fully saturated rings. The van der Waals surface area contributed by atoms with E-state index in [0.717, 1.165) is 11.1 Å². The Kier molecular flexibility index (Phi) is 14.7. The molecular formula is C30H30N8O7. The summed E-state index contributed by atoms with van der Waals surface area (Å²) in [7, 11) is 0. The van der Waals surface area contributed by atoms with Gasteiger partial charge in [-0.3, -0.25) is 20.2 Å². The van der Waals surface area contributed by atoms with Gasteiger partial charge in [0.05, 0.1) is 26.4 Å². The van der Waals surface area contributed by atoms with Crippen LogP contribution in [0.5, 0.6) is 0 Å². The molecule has 4 rings (SSSR count). The SMILES string of the molecule is CCOC(=O)Nc1cccc(CO)c1.CCOC(=O)Nc1cccc(Cn2nc(C#N)ccc2=O)c1.N#Cc1ccc(=O)[nH]n1. The molecule has 0 aliphatic heterocycles. The number of H-pyrrole nitrogens is 1. The van der Waals surface area contributed by atoms with E-state index in [4.69, 9.17) is 25.1 Å². The van der Waals surface area contributed by atoms with Crippen molar-refractivity contribution in [3.63, 3.8) is 0 Å². The zero-order chi connectivity index (χ0) is 33.0. The van der Waals surface area contributed by atoms with Crippen LogP contribution >= 0.6 is 0 Å². The van der Waals surface area contributed by atoms with Crippen LogP contribution in [0.3, 0.4) is 0 Å². The molecule has 232 valence electrons. The fraction of sp³-hybridized carbons (Fsp3) is 0.200. The van der Waals surface area contributed by atoms with Crippen molar-refractivity contribution in [1.29, 1.82) is 10.5 Å². The summed E-state index contributed by atoms with van der Waals surface area (Å²) < 4.78 is 10.7. The maximum atomic E-state index is 11.7. The van der Waals surface area contributed by atoms with Gasteiger partial charge in [-0.2, -0.15) is 20.7 Å². The van der Waals surface area contributed by atoms with Gasteiger partial charge in [0.25, 0.3) is 11.1 Å². The molecule has 0 bridgehead atoms. The molecule has 2 amide bonds. The van der Waals surface area contributed by atoms with Gasteiger partial charge in [0.15, 0.2) is 11.4 Å². The average molecular weight is 615 g/mol. The van der Waals surface area contributed by atoms with Gasteiger partial charge in [-0.25, -0.2) is 19.4 Å². The second kappa shape index (κ2) is 19.0. The topological polar surface area (TPSA) is 225 Å². The van der Waals surface area contributed by atoms with Crippen LogP contribution in [0.4, 0.5) is 21.0 Å². The molecule has 0 radical (unpaired) electrons. The van der Waals surface area contributed by atoms with Gasteiger partial charge in [0, 0.05) is 23.5 Å². The summed E-state index contributed by atoms with van der Waals surface area (Å²) in [4.78, 5) is 44.5. The number of ether oxygens (including phenoxy) is 2. The summed E-state index contributed by atoms with van der Waals surface area (Å²) in [6.45, 7) is 4.24. The molecule has 0 saturated carbocycles. The van der Waals surface area contributed by atoms with Crippen LogP contribution in [0.15, 0.2) is 82.4 Å². The normalized spacial score (nSPS) is 9.44. The number of rotatable bonds is 7. The van der Waals surface area contributed by atoms with Crippen LogP contribution in [0.25, 0.3) is 0 Å². The monoisotopic (exact) mass is 614 g/mol. The first-order chi connectivity index (χ1) is 21.7. The van der Waals surface area contributed by atoms with Gasteiger partial charge in [-0.15, -0.1) is 0 Å². The van der Waals surface area contributed by atoms with Crippen molar-refractivity contribution in [2.24, 2.45) is 0 Å². The first kappa shape index (κ1) is 34.9. The Morgan fingerprint density at radius 3 is 1.91 bits per heavy atom. The Morgan fingerprint density at radius 2 is 1.40 bits per heavy atom. The van der Waals surface area contributed by atoms with Crippen molar-refractivity contribution in [2.45, 2.75) is 27.0 Å². The molecule has 0 aliphatic rings. The summed E-state index contributed by atoms with van der Waals surface area (Å²) >= 11 is 0. The number of amides is 2. The van der Waals surface area contributed by atoms with Crippen LogP contribution in [0.1, 0.15) is 36.4 Å². The van der Waals surface area contributed by atoms with Gasteiger partial charge >= 0.3 is 12.2 Å². The molecule has 4 aromatic rings. The molecule has 0 aliphatic carbocycles. The Hall–Kier alpha value is -6.32. The fourth-order valence-corrected chi connectivity index (χ4v) is 3.27. The van der Waals surface area contributed by atoms with E-state index in [2.05, 4.69) is 25.9 Å². The lowest BCUT2D eigenvalue weighted by Crippen LogP contribution is -2.23. The van der Waals surface area contributed by atoms with E-state index in [9.17, 15) is 19.2 Å². The molecule has 0 spiro atoms. The summed E-state index contributed by atoms with van der Waals surface area (Å²) in [6.07, 6.45) is -1.02. The van der Waals surface area contributed by atoms with Gasteiger partial charge in [-0.05, 0) is 61.4 Å². The molecule has 15 heteroatoms. The lowest BCUT2D eigenvalue weighted by Gasteiger charge is -2.08. The third kappa shape index (κ3) is 13.0. The number of aliphatic hydroxyl groups excluding tert-OH is 1. The van der Waals surface area contributed by atoms with Crippen molar-refractivity contribution >= 4 is 23.6 Å². The standard InChI is InChI=1S/C15H14N4O3.C10H13NO3.C5H3N3O/c1-2-22-15(21)17-12-5-3-4-11(8-12)10-19-14(20)7-6-13(9-16)18-19;1-2-14-10(13)11-9-5-3-4-8(6-9)7-12;6-3-4-1-2-5(9)8-7-4/h3-8H,2,10H2,1H3,(H,17,21);3-6,12H,2,7H2,1H3,(H,11,13);1-2H,(H,8,9). The highest BCUT2D eigenvalue weighted by atomic mass is 16.6. The summed E-state index contributed by atoms with van der Waals surface area (Å²) in [5.41, 5.74) is 2.47. The Labute approximate surface area is 257 Å². The minimum atomic E-state index is -0.540. The van der Waals surface area contributed by atoms with Crippen LogP contribution in [-0.2, 0) is 22.6 Å². The van der Waals surface area contributed by atoms with Crippen molar-refractivity contribution in [3.8, 4) is 12.1 Å². The molecule has 2 aromatic carbocycles. The summed E-state index contributed by atoms with van der Waals surface area (Å²) in [5.74, 6) is 0. The average Bonchev–Trinajstić information content (AvgIpc) is 3.03. The quantitative estimate of drug-likeness (QED) is 0.236. The highest BCUT2D eigenvalue weighted by molar-refractivity contribution is 5.85. The number of carbonyl (C=O) groups excluding carboxylic acids is 2. The number of nitrogens with one attached hydrogen (secondary N) is 3. The molecule has 4 N–H and O–H groups in total. The van der Waals surface area contributed by atoms with Crippen molar-refractivity contribution in [2.75, 3.05) is 23.8 Å². The highest BCUT2D eigenvalue weighted by Gasteiger charge is 2.05. The van der Waals surface area contributed by atoms with E-state index >= 15 is 0 Å². The lowest BCUT2D eigenvalue weighted by molar-refractivity contribution is 0.167. The number of hydrogen-bond acceptors (Lipinski definition) is 11. The smallest absolute Gasteiger partial charge is 0.411 e. The van der Waals surface area contributed by atoms with Crippen molar-refractivity contribution in [1.82, 2.24) is 20.0 Å². The second-order valence-corrected chi connectivity index (χ2v) is 8.49. The molecule has 2 heterocycles. The first-order valence-corrected chi connectivity index (χ1v) is 13.3. The fourth-order valence-electron chi connectivity index (χ4n) is 3.27. The maximum Gasteiger partial charge on any atom is 0.411 e. The molecule has 2 aromatic heterocycles. The number of nitrogens with zero attached hydrogens (tertiary/aromatic N) is 5. The number of benzene rings is 2. The predicted octanol–water partition coefficient (Wildman–Crippen LogP) is 3.12. The third-order valence-electron chi connectivity index (χ3n) is 5.19. The van der Waals surface area contributed by atoms with E-state index in [-0.39, 0.29) is 42.3 Å². The summed E-state index contributed by atoms with van der Waals surface area (Å²) in [6, 6.07) is 22.9. The van der Waals surface area contributed by atoms with Crippen LogP contribution in [0.2, 0.25) is 0 Å². The maximum absolute atomic E-state index is 11.7. The number of anilines is 2. The van der Waals surface area contributed by atoms with Crippen LogP contribution in [0, 0.1) is 22.7 Å². The van der Waals surface area contributed by atoms with Crippen molar-refractivity contribution in [3.05, 3.63) is 116 Å². The molecule has 45 heavy (non-hydrogen) atoms. The predicted molar refractivity (Wildman–Crippen MR) is 162 cm³/mol. The Balaban J connectivity index is 0.000000261. The van der Waals surface area contributed by atoms with Crippen molar-refractivity contribution < 1.29 is 24.2 Å². The minimum Gasteiger partial charge on any atom is -0.450 e. The van der Waals surface area contributed by atoms with Gasteiger partial charge in [0.1, 0.15) is 12.1 Å². The third-order valence-corrected chi connectivity index (χ3v) is 5.19. The zero-order valence-electron chi connectivity index (χ0n) is 24.4. The van der Waals surface area contributed by atoms with E-state index in [1.807, 2.05) is 6.07 Å². The Bertz CT molecular complexity index is 1750. The van der Waals surface area contributed by atoms with Gasteiger partial charge in [0.2, 0.25) is 0 Å². The van der Waals surface area contributed by atoms with E-state index in [1.165, 1.54) is 28.9 Å². The minimum absolute atomic E-state index is 0.0433. The van der Waals surface area contributed by atoms with E-state index < -0.39 is 12.2 Å².